The summed E-state index contributed by atoms with van der Waals surface area (Å²) in [4.78, 5) is 35.6. The maximum absolute atomic E-state index is 13.0. The molecule has 0 aliphatic carbocycles. The minimum absolute atomic E-state index is 0.000957. The van der Waals surface area contributed by atoms with Crippen LogP contribution in [0.1, 0.15) is 23.6 Å². The second-order valence-electron chi connectivity index (χ2n) is 8.75. The lowest BCUT2D eigenvalue weighted by molar-refractivity contribution is -0.384. The van der Waals surface area contributed by atoms with Gasteiger partial charge in [0.25, 0.3) is 11.6 Å². The number of nitro groups is 1. The molecule has 0 saturated carbocycles. The van der Waals surface area contributed by atoms with Gasteiger partial charge < -0.3 is 14.8 Å². The fourth-order valence-corrected chi connectivity index (χ4v) is 4.02. The van der Waals surface area contributed by atoms with E-state index in [1.807, 2.05) is 60.7 Å². The summed E-state index contributed by atoms with van der Waals surface area (Å²) in [5.74, 6) is 0.00211. The van der Waals surface area contributed by atoms with Gasteiger partial charge >= 0.3 is 6.09 Å². The summed E-state index contributed by atoms with van der Waals surface area (Å²) in [5, 5.41) is 19.5. The first kappa shape index (κ1) is 27.8. The van der Waals surface area contributed by atoms with Crippen molar-refractivity contribution in [3.05, 3.63) is 118 Å². The number of carbonyl (C=O) groups is 2. The number of nitrogens with one attached hydrogen (secondary N) is 2. The van der Waals surface area contributed by atoms with Gasteiger partial charge in [0, 0.05) is 24.1 Å². The lowest BCUT2D eigenvalue weighted by Crippen LogP contribution is -2.47. The van der Waals surface area contributed by atoms with Gasteiger partial charge in [-0.2, -0.15) is 5.10 Å². The molecule has 40 heavy (non-hydrogen) atoms. The highest BCUT2D eigenvalue weighted by Crippen LogP contribution is 2.27. The molecule has 0 aliphatic heterocycles. The number of carbonyl (C=O) groups excluding carboxylic acids is 2. The summed E-state index contributed by atoms with van der Waals surface area (Å²) in [6, 6.07) is 25.9. The monoisotopic (exact) mass is 540 g/mol. The second kappa shape index (κ2) is 13.5. The number of nitro benzene ring substituents is 1. The van der Waals surface area contributed by atoms with Gasteiger partial charge in [0.05, 0.1) is 17.7 Å². The van der Waals surface area contributed by atoms with E-state index in [9.17, 15) is 19.7 Å². The lowest BCUT2D eigenvalue weighted by Gasteiger charge is -2.17. The van der Waals surface area contributed by atoms with Crippen LogP contribution in [0.2, 0.25) is 0 Å². The van der Waals surface area contributed by atoms with Crippen LogP contribution in [0.4, 0.5) is 10.5 Å². The third-order valence-electron chi connectivity index (χ3n) is 6.01. The van der Waals surface area contributed by atoms with Crippen LogP contribution in [0.25, 0.3) is 10.8 Å². The van der Waals surface area contributed by atoms with Gasteiger partial charge in [-0.1, -0.05) is 60.7 Å². The largest absolute Gasteiger partial charge is 0.488 e. The summed E-state index contributed by atoms with van der Waals surface area (Å²) >= 11 is 0. The third kappa shape index (κ3) is 7.41. The number of hydrazone groups is 1. The highest BCUT2D eigenvalue weighted by atomic mass is 16.6. The van der Waals surface area contributed by atoms with E-state index >= 15 is 0 Å². The fraction of sp³-hybridized carbons (Fsp3) is 0.167. The molecule has 0 bridgehead atoms. The van der Waals surface area contributed by atoms with Crippen LogP contribution in [0.15, 0.2) is 96.1 Å². The zero-order valence-corrected chi connectivity index (χ0v) is 21.8. The smallest absolute Gasteiger partial charge is 0.407 e. The van der Waals surface area contributed by atoms with Crippen LogP contribution >= 0.6 is 0 Å². The summed E-state index contributed by atoms with van der Waals surface area (Å²) in [6.07, 6.45) is 1.05. The zero-order chi connectivity index (χ0) is 28.3. The number of nitrogens with zero attached hydrogens (tertiary/aromatic N) is 2. The topological polar surface area (TPSA) is 132 Å². The Morgan fingerprint density at radius 2 is 1.68 bits per heavy atom. The van der Waals surface area contributed by atoms with E-state index in [1.165, 1.54) is 18.3 Å². The Morgan fingerprint density at radius 3 is 2.40 bits per heavy atom. The van der Waals surface area contributed by atoms with Gasteiger partial charge in [0.2, 0.25) is 0 Å². The molecule has 0 spiro atoms. The van der Waals surface area contributed by atoms with Crippen molar-refractivity contribution in [2.45, 2.75) is 26.0 Å². The number of ether oxygens (including phenoxy) is 2. The van der Waals surface area contributed by atoms with Gasteiger partial charge in [-0.3, -0.25) is 14.9 Å². The Bertz CT molecular complexity index is 1510. The van der Waals surface area contributed by atoms with E-state index in [-0.39, 0.29) is 25.3 Å². The maximum atomic E-state index is 13.0. The number of benzene rings is 4. The average Bonchev–Trinajstić information content (AvgIpc) is 2.97. The summed E-state index contributed by atoms with van der Waals surface area (Å²) < 4.78 is 11.0. The summed E-state index contributed by atoms with van der Waals surface area (Å²) in [5.41, 5.74) is 4.77. The highest BCUT2D eigenvalue weighted by molar-refractivity contribution is 6.02. The van der Waals surface area contributed by atoms with E-state index in [1.54, 1.807) is 25.1 Å². The van der Waals surface area contributed by atoms with Crippen LogP contribution in [-0.2, 0) is 22.6 Å². The van der Waals surface area contributed by atoms with Gasteiger partial charge in [-0.25, -0.2) is 10.2 Å². The maximum Gasteiger partial charge on any atom is 0.407 e. The van der Waals surface area contributed by atoms with Crippen molar-refractivity contribution in [3.8, 4) is 5.75 Å². The summed E-state index contributed by atoms with van der Waals surface area (Å²) in [7, 11) is 0. The number of hydrogen-bond donors (Lipinski definition) is 2. The number of rotatable bonds is 11. The molecular formula is C30H28N4O6. The number of hydrogen-bond acceptors (Lipinski definition) is 7. The molecule has 2 amide bonds. The van der Waals surface area contributed by atoms with E-state index < -0.39 is 23.0 Å². The van der Waals surface area contributed by atoms with Crippen molar-refractivity contribution in [1.29, 1.82) is 0 Å². The molecule has 0 fully saturated rings. The van der Waals surface area contributed by atoms with Crippen molar-refractivity contribution in [3.63, 3.8) is 0 Å². The first-order chi connectivity index (χ1) is 19.4. The number of alkyl carbamates (subject to hydrolysis) is 1. The molecule has 0 radical (unpaired) electrons. The predicted octanol–water partition coefficient (Wildman–Crippen LogP) is 5.13. The van der Waals surface area contributed by atoms with Gasteiger partial charge in [0.1, 0.15) is 18.4 Å². The van der Waals surface area contributed by atoms with Crippen molar-refractivity contribution >= 4 is 34.7 Å². The molecule has 4 aromatic rings. The van der Waals surface area contributed by atoms with E-state index in [4.69, 9.17) is 9.47 Å². The second-order valence-corrected chi connectivity index (χ2v) is 8.75. The Hall–Kier alpha value is -5.25. The third-order valence-corrected chi connectivity index (χ3v) is 6.01. The lowest BCUT2D eigenvalue weighted by atomic mass is 10.0. The van der Waals surface area contributed by atoms with Crippen molar-refractivity contribution in [2.75, 3.05) is 6.61 Å². The Balaban J connectivity index is 1.53. The van der Waals surface area contributed by atoms with Crippen molar-refractivity contribution in [2.24, 2.45) is 5.10 Å². The number of amides is 2. The van der Waals surface area contributed by atoms with Crippen LogP contribution in [-0.4, -0.2) is 35.8 Å². The number of non-ortho nitro benzene ring substituents is 1. The standard InChI is InChI=1S/C30H28N4O6/c1-2-39-30(36)32-27(18-21-8-4-3-5-9-21)29(35)33-31-19-26-25-11-7-6-10-23(25)14-17-28(26)40-20-22-12-15-24(16-13-22)34(37)38/h3-17,19,27H,2,18,20H2,1H3,(H,32,36)(H,33,35)/b31-19-/t27-/m1/s1. The minimum Gasteiger partial charge on any atom is -0.488 e. The SMILES string of the molecule is CCOC(=O)N[C@H](Cc1ccccc1)C(=O)N/N=C\c1c(OCc2ccc([N+](=O)[O-])cc2)ccc2ccccc12. The molecule has 1 atom stereocenters. The van der Waals surface area contributed by atoms with Crippen LogP contribution in [0.3, 0.4) is 0 Å². The molecule has 204 valence electrons. The van der Waals surface area contributed by atoms with Crippen LogP contribution in [0, 0.1) is 10.1 Å². The minimum atomic E-state index is -0.913. The van der Waals surface area contributed by atoms with Crippen LogP contribution < -0.4 is 15.5 Å². The molecule has 0 saturated heterocycles. The first-order valence-corrected chi connectivity index (χ1v) is 12.6. The quantitative estimate of drug-likeness (QED) is 0.154. The van der Waals surface area contributed by atoms with Crippen LogP contribution in [0.5, 0.6) is 5.75 Å². The normalized spacial score (nSPS) is 11.6. The molecule has 4 aromatic carbocycles. The molecular weight excluding hydrogens is 512 g/mol. The Morgan fingerprint density at radius 1 is 0.950 bits per heavy atom. The number of fused-ring (bicyclic) bond motifs is 1. The van der Waals surface area contributed by atoms with Gasteiger partial charge in [-0.05, 0) is 47.0 Å². The molecule has 0 heterocycles. The van der Waals surface area contributed by atoms with Crippen molar-refractivity contribution in [1.82, 2.24) is 10.7 Å². The van der Waals surface area contributed by atoms with Crippen molar-refractivity contribution < 1.29 is 24.0 Å². The first-order valence-electron chi connectivity index (χ1n) is 12.6. The molecule has 2 N–H and O–H groups in total. The predicted molar refractivity (Wildman–Crippen MR) is 151 cm³/mol. The summed E-state index contributed by atoms with van der Waals surface area (Å²) in [6.45, 7) is 2.03. The van der Waals surface area contributed by atoms with E-state index in [0.717, 1.165) is 21.9 Å². The molecule has 0 aliphatic rings. The Labute approximate surface area is 230 Å². The van der Waals surface area contributed by atoms with Gasteiger partial charge in [-0.15, -0.1) is 0 Å². The van der Waals surface area contributed by atoms with E-state index in [2.05, 4.69) is 15.8 Å². The molecule has 10 nitrogen and oxygen atoms in total. The van der Waals surface area contributed by atoms with Gasteiger partial charge in [0.15, 0.2) is 0 Å². The van der Waals surface area contributed by atoms with E-state index in [0.29, 0.717) is 11.3 Å². The zero-order valence-electron chi connectivity index (χ0n) is 21.8. The molecule has 4 rings (SSSR count). The molecule has 0 unspecified atom stereocenters. The fourth-order valence-electron chi connectivity index (χ4n) is 4.02. The molecule has 0 aromatic heterocycles. The Kier molecular flexibility index (Phi) is 9.39. The highest BCUT2D eigenvalue weighted by Gasteiger charge is 2.22. The average molecular weight is 541 g/mol. The molecule has 10 heteroatoms.